The molecule has 2 heteroatoms. The van der Waals surface area contributed by atoms with E-state index in [1.165, 1.54) is 11.3 Å². The second-order valence-corrected chi connectivity index (χ2v) is 5.62. The number of hydrogen-bond acceptors (Lipinski definition) is 2. The van der Waals surface area contributed by atoms with Crippen molar-refractivity contribution in [2.24, 2.45) is 0 Å². The number of benzene rings is 2. The van der Waals surface area contributed by atoms with E-state index in [0.29, 0.717) is 6.04 Å². The molecule has 0 aromatic heterocycles. The van der Waals surface area contributed by atoms with Crippen molar-refractivity contribution in [1.82, 2.24) is 0 Å². The molecular formula is C18H18N2. The molecule has 0 radical (unpaired) electrons. The number of nitrogens with one attached hydrogen (secondary N) is 1. The highest BCUT2D eigenvalue weighted by atomic mass is 14.9. The molecule has 2 aromatic rings. The van der Waals surface area contributed by atoms with Crippen molar-refractivity contribution in [1.29, 1.82) is 5.26 Å². The molecule has 1 fully saturated rings. The van der Waals surface area contributed by atoms with Gasteiger partial charge in [-0.05, 0) is 37.0 Å². The van der Waals surface area contributed by atoms with Crippen LogP contribution in [0.1, 0.15) is 24.0 Å². The Morgan fingerprint density at radius 2 is 1.70 bits per heavy atom. The Bertz CT molecular complexity index is 634. The number of rotatable bonds is 3. The summed E-state index contributed by atoms with van der Waals surface area (Å²) in [7, 11) is 0. The summed E-state index contributed by atoms with van der Waals surface area (Å²) >= 11 is 0. The highest BCUT2D eigenvalue weighted by Crippen LogP contribution is 2.44. The summed E-state index contributed by atoms with van der Waals surface area (Å²) in [6, 6.07) is 21.3. The van der Waals surface area contributed by atoms with Gasteiger partial charge in [0.25, 0.3) is 0 Å². The van der Waals surface area contributed by atoms with E-state index in [0.717, 1.165) is 18.4 Å². The van der Waals surface area contributed by atoms with E-state index in [9.17, 15) is 5.26 Å². The predicted octanol–water partition coefficient (Wildman–Crippen LogP) is 4.03. The molecule has 0 spiro atoms. The van der Waals surface area contributed by atoms with Crippen LogP contribution < -0.4 is 5.32 Å². The van der Waals surface area contributed by atoms with Gasteiger partial charge < -0.3 is 5.32 Å². The van der Waals surface area contributed by atoms with Crippen molar-refractivity contribution in [2.75, 3.05) is 5.32 Å². The van der Waals surface area contributed by atoms with Crippen LogP contribution >= 0.6 is 0 Å². The topological polar surface area (TPSA) is 35.8 Å². The van der Waals surface area contributed by atoms with Crippen molar-refractivity contribution in [3.05, 3.63) is 65.7 Å². The van der Waals surface area contributed by atoms with Crippen LogP contribution in [0.25, 0.3) is 0 Å². The first-order valence-corrected chi connectivity index (χ1v) is 7.02. The second kappa shape index (κ2) is 5.02. The third-order valence-electron chi connectivity index (χ3n) is 4.23. The second-order valence-electron chi connectivity index (χ2n) is 5.62. The zero-order valence-electron chi connectivity index (χ0n) is 11.6. The molecule has 0 unspecified atom stereocenters. The fourth-order valence-corrected chi connectivity index (χ4v) is 2.99. The lowest BCUT2D eigenvalue weighted by molar-refractivity contribution is 0.289. The Labute approximate surface area is 120 Å². The van der Waals surface area contributed by atoms with Crippen LogP contribution in [0.15, 0.2) is 54.6 Å². The highest BCUT2D eigenvalue weighted by Gasteiger charge is 2.46. The summed E-state index contributed by atoms with van der Waals surface area (Å²) in [5.74, 6) is 0. The van der Waals surface area contributed by atoms with E-state index in [1.807, 2.05) is 30.3 Å². The van der Waals surface area contributed by atoms with Gasteiger partial charge in [0, 0.05) is 11.7 Å². The standard InChI is InChI=1S/C18H18N2/c1-14-7-5-6-10-17(14)20-16-11-18(12-16,13-19)15-8-3-2-4-9-15/h2-10,16,20H,11-12H2,1H3. The molecule has 0 atom stereocenters. The highest BCUT2D eigenvalue weighted by molar-refractivity contribution is 5.52. The first kappa shape index (κ1) is 12.7. The molecule has 1 N–H and O–H groups in total. The Kier molecular flexibility index (Phi) is 3.20. The molecule has 20 heavy (non-hydrogen) atoms. The fourth-order valence-electron chi connectivity index (χ4n) is 2.99. The maximum atomic E-state index is 9.55. The first-order chi connectivity index (χ1) is 9.73. The zero-order valence-corrected chi connectivity index (χ0v) is 11.6. The lowest BCUT2D eigenvalue weighted by Gasteiger charge is -2.44. The quantitative estimate of drug-likeness (QED) is 0.906. The molecule has 100 valence electrons. The molecule has 2 nitrogen and oxygen atoms in total. The lowest BCUT2D eigenvalue weighted by atomic mass is 9.62. The van der Waals surface area contributed by atoms with Crippen LogP contribution in [0.5, 0.6) is 0 Å². The Morgan fingerprint density at radius 3 is 2.35 bits per heavy atom. The number of para-hydroxylation sites is 1. The lowest BCUT2D eigenvalue weighted by Crippen LogP contribution is -2.47. The molecule has 3 rings (SSSR count). The third kappa shape index (κ3) is 2.16. The van der Waals surface area contributed by atoms with Crippen molar-refractivity contribution in [3.63, 3.8) is 0 Å². The van der Waals surface area contributed by atoms with Crippen LogP contribution in [-0.2, 0) is 5.41 Å². The normalized spacial score (nSPS) is 24.5. The number of nitriles is 1. The van der Waals surface area contributed by atoms with Gasteiger partial charge in [-0.15, -0.1) is 0 Å². The molecule has 0 saturated heterocycles. The first-order valence-electron chi connectivity index (χ1n) is 7.02. The van der Waals surface area contributed by atoms with Gasteiger partial charge in [0.15, 0.2) is 0 Å². The Hall–Kier alpha value is -2.27. The Balaban J connectivity index is 1.72. The summed E-state index contributed by atoms with van der Waals surface area (Å²) in [5.41, 5.74) is 3.27. The minimum atomic E-state index is -0.304. The van der Waals surface area contributed by atoms with E-state index in [1.54, 1.807) is 0 Å². The minimum absolute atomic E-state index is 0.304. The van der Waals surface area contributed by atoms with E-state index in [4.69, 9.17) is 0 Å². The zero-order chi connectivity index (χ0) is 14.0. The van der Waals surface area contributed by atoms with Gasteiger partial charge in [-0.3, -0.25) is 0 Å². The number of aryl methyl sites for hydroxylation is 1. The maximum absolute atomic E-state index is 9.55. The molecule has 0 aliphatic heterocycles. The molecule has 1 saturated carbocycles. The summed E-state index contributed by atoms with van der Waals surface area (Å²) in [4.78, 5) is 0. The molecule has 1 aliphatic rings. The maximum Gasteiger partial charge on any atom is 0.0861 e. The SMILES string of the molecule is Cc1ccccc1NC1CC(C#N)(c2ccccc2)C1. The van der Waals surface area contributed by atoms with Crippen LogP contribution in [-0.4, -0.2) is 6.04 Å². The van der Waals surface area contributed by atoms with Crippen molar-refractivity contribution in [3.8, 4) is 6.07 Å². The van der Waals surface area contributed by atoms with E-state index in [2.05, 4.69) is 42.6 Å². The van der Waals surface area contributed by atoms with E-state index >= 15 is 0 Å². The monoisotopic (exact) mass is 262 g/mol. The number of anilines is 1. The number of hydrogen-bond donors (Lipinski definition) is 1. The largest absolute Gasteiger partial charge is 0.382 e. The van der Waals surface area contributed by atoms with Gasteiger partial charge in [0.05, 0.1) is 11.5 Å². The third-order valence-corrected chi connectivity index (χ3v) is 4.23. The summed E-state index contributed by atoms with van der Waals surface area (Å²) in [6.07, 6.45) is 1.75. The van der Waals surface area contributed by atoms with Crippen LogP contribution in [0.4, 0.5) is 5.69 Å². The molecule has 2 aromatic carbocycles. The van der Waals surface area contributed by atoms with Crippen molar-refractivity contribution >= 4 is 5.69 Å². The van der Waals surface area contributed by atoms with Crippen LogP contribution in [0, 0.1) is 18.3 Å². The van der Waals surface area contributed by atoms with Gasteiger partial charge >= 0.3 is 0 Å². The Morgan fingerprint density at radius 1 is 1.05 bits per heavy atom. The molecule has 0 amide bonds. The van der Waals surface area contributed by atoms with E-state index in [-0.39, 0.29) is 5.41 Å². The molecular weight excluding hydrogens is 244 g/mol. The summed E-state index contributed by atoms with van der Waals surface area (Å²) in [6.45, 7) is 2.11. The van der Waals surface area contributed by atoms with Gasteiger partial charge in [0.1, 0.15) is 0 Å². The molecule has 0 heterocycles. The van der Waals surface area contributed by atoms with Gasteiger partial charge in [-0.2, -0.15) is 5.26 Å². The van der Waals surface area contributed by atoms with Crippen molar-refractivity contribution in [2.45, 2.75) is 31.2 Å². The average Bonchev–Trinajstić information content (AvgIpc) is 2.45. The van der Waals surface area contributed by atoms with Gasteiger partial charge in [0.2, 0.25) is 0 Å². The number of nitrogens with zero attached hydrogens (tertiary/aromatic N) is 1. The van der Waals surface area contributed by atoms with Gasteiger partial charge in [-0.25, -0.2) is 0 Å². The van der Waals surface area contributed by atoms with Crippen molar-refractivity contribution < 1.29 is 0 Å². The predicted molar refractivity (Wildman–Crippen MR) is 81.6 cm³/mol. The van der Waals surface area contributed by atoms with Crippen LogP contribution in [0.3, 0.4) is 0 Å². The smallest absolute Gasteiger partial charge is 0.0861 e. The minimum Gasteiger partial charge on any atom is -0.382 e. The molecule has 0 bridgehead atoms. The summed E-state index contributed by atoms with van der Waals surface area (Å²) < 4.78 is 0. The fraction of sp³-hybridized carbons (Fsp3) is 0.278. The van der Waals surface area contributed by atoms with Gasteiger partial charge in [-0.1, -0.05) is 48.5 Å². The average molecular weight is 262 g/mol. The van der Waals surface area contributed by atoms with E-state index < -0.39 is 0 Å². The van der Waals surface area contributed by atoms with Crippen LogP contribution in [0.2, 0.25) is 0 Å². The molecule has 1 aliphatic carbocycles. The summed E-state index contributed by atoms with van der Waals surface area (Å²) in [5, 5.41) is 13.1.